The van der Waals surface area contributed by atoms with E-state index in [1.165, 1.54) is 97.1 Å². The molecule has 7 rings (SSSR count). The number of anilines is 7. The van der Waals surface area contributed by atoms with Crippen LogP contribution in [0.3, 0.4) is 0 Å². The van der Waals surface area contributed by atoms with Gasteiger partial charge in [-0.2, -0.15) is 0 Å². The fraction of sp³-hybridized carbons (Fsp3) is 0.424. The lowest BCUT2D eigenvalue weighted by Crippen LogP contribution is -2.23. The number of ether oxygens (including phenoxy) is 20. The molecular weight excluding hydrogens is 1640 g/mol. The zero-order valence-electron chi connectivity index (χ0n) is 70.0. The van der Waals surface area contributed by atoms with Crippen LogP contribution in [0.4, 0.5) is 39.8 Å². The highest BCUT2D eigenvalue weighted by Crippen LogP contribution is 2.26. The van der Waals surface area contributed by atoms with Gasteiger partial charge >= 0.3 is 23.9 Å². The number of nitrogen functional groups attached to an aromatic ring is 1. The van der Waals surface area contributed by atoms with E-state index in [1.54, 1.807) is 28.4 Å². The number of carbonyl (C=O) groups is 10. The van der Waals surface area contributed by atoms with Crippen LogP contribution in [0.25, 0.3) is 0 Å². The van der Waals surface area contributed by atoms with Crippen LogP contribution < -0.4 is 37.6 Å². The van der Waals surface area contributed by atoms with Crippen LogP contribution in [-0.2, 0) is 94.7 Å². The van der Waals surface area contributed by atoms with Crippen LogP contribution in [0.15, 0.2) is 133 Å². The first-order chi connectivity index (χ1) is 61.0. The van der Waals surface area contributed by atoms with Gasteiger partial charge in [-0.1, -0.05) is 48.5 Å². The molecular formula is C85H106N10O30. The lowest BCUT2D eigenvalue weighted by Gasteiger charge is -2.14. The summed E-state index contributed by atoms with van der Waals surface area (Å²) >= 11 is 0. The molecule has 0 aliphatic rings. The molecule has 0 saturated carbocycles. The molecule has 0 radical (unpaired) electrons. The van der Waals surface area contributed by atoms with Crippen LogP contribution in [0.2, 0.25) is 0 Å². The first-order valence-electron chi connectivity index (χ1n) is 39.6. The monoisotopic (exact) mass is 1750 g/mol. The van der Waals surface area contributed by atoms with Gasteiger partial charge in [0.2, 0.25) is 0 Å². The summed E-state index contributed by atoms with van der Waals surface area (Å²) in [5.74, 6) is -9.60. The summed E-state index contributed by atoms with van der Waals surface area (Å²) < 4.78 is 107. The van der Waals surface area contributed by atoms with Crippen LogP contribution in [0.1, 0.15) is 104 Å². The summed E-state index contributed by atoms with van der Waals surface area (Å²) in [6.07, 6.45) is 0. The quantitative estimate of drug-likeness (QED) is 0.0123. The average molecular weight is 1750 g/mol. The number of benzene rings is 4. The maximum absolute atomic E-state index is 14.6. The molecule has 0 aliphatic carbocycles. The number of hydrogen-bond acceptors (Lipinski definition) is 34. The Bertz CT molecular complexity index is 4020. The van der Waals surface area contributed by atoms with Gasteiger partial charge < -0.3 is 132 Å². The van der Waals surface area contributed by atoms with Crippen molar-refractivity contribution in [3.8, 4) is 0 Å². The number of carbonyl (C=O) groups excluding carboxylic acids is 10. The number of esters is 4. The molecule has 0 aliphatic heterocycles. The summed E-state index contributed by atoms with van der Waals surface area (Å²) in [6.45, 7) is 7.29. The number of nitrogens with two attached hydrogens (primary N) is 1. The Morgan fingerprint density at radius 2 is 0.400 bits per heavy atom. The number of para-hydroxylation sites is 4. The maximum Gasteiger partial charge on any atom is 0.340 e. The van der Waals surface area contributed by atoms with E-state index in [9.17, 15) is 47.9 Å². The van der Waals surface area contributed by atoms with Gasteiger partial charge in [0, 0.05) is 45.5 Å². The fourth-order valence-electron chi connectivity index (χ4n) is 10.5. The van der Waals surface area contributed by atoms with Crippen molar-refractivity contribution >= 4 is 99.1 Å². The van der Waals surface area contributed by atoms with E-state index < -0.39 is 93.5 Å². The maximum atomic E-state index is 14.6. The van der Waals surface area contributed by atoms with E-state index in [2.05, 4.69) is 46.9 Å². The molecule has 3 heterocycles. The highest BCUT2D eigenvalue weighted by molar-refractivity contribution is 6.14. The molecule has 7 aromatic rings. The molecule has 40 nitrogen and oxygen atoms in total. The van der Waals surface area contributed by atoms with Crippen molar-refractivity contribution in [1.82, 2.24) is 15.0 Å². The molecule has 0 unspecified atom stereocenters. The molecule has 125 heavy (non-hydrogen) atoms. The largest absolute Gasteiger partial charge is 0.460 e. The van der Waals surface area contributed by atoms with Crippen molar-refractivity contribution in [2.24, 2.45) is 0 Å². The van der Waals surface area contributed by atoms with Gasteiger partial charge in [0.25, 0.3) is 35.4 Å². The molecule has 40 heteroatoms. The molecule has 676 valence electrons. The number of aromatic nitrogens is 3. The van der Waals surface area contributed by atoms with Crippen molar-refractivity contribution in [1.29, 1.82) is 0 Å². The normalized spacial score (nSPS) is 11.0. The lowest BCUT2D eigenvalue weighted by molar-refractivity contribution is -0.00557. The van der Waals surface area contributed by atoms with Crippen LogP contribution >= 0.6 is 0 Å². The minimum atomic E-state index is -1.08. The number of amides is 6. The summed E-state index contributed by atoms with van der Waals surface area (Å²) in [5.41, 5.74) is 1.94. The van der Waals surface area contributed by atoms with Gasteiger partial charge in [0.05, 0.1) is 230 Å². The van der Waals surface area contributed by atoms with Crippen molar-refractivity contribution in [3.63, 3.8) is 0 Å². The number of nitrogens with one attached hydrogen (secondary N) is 6. The molecule has 4 aromatic carbocycles. The Morgan fingerprint density at radius 1 is 0.232 bits per heavy atom. The highest BCUT2D eigenvalue weighted by atomic mass is 16.6. The second kappa shape index (κ2) is 59.9. The van der Waals surface area contributed by atoms with Crippen molar-refractivity contribution in [3.05, 3.63) is 190 Å². The molecule has 6 amide bonds. The zero-order chi connectivity index (χ0) is 89.3. The Balaban J connectivity index is 1.11. The van der Waals surface area contributed by atoms with Gasteiger partial charge in [-0.25, -0.2) is 34.1 Å². The molecule has 8 N–H and O–H groups in total. The number of rotatable bonds is 64. The topological polar surface area (TPSA) is 492 Å². The Labute approximate surface area is 721 Å². The minimum Gasteiger partial charge on any atom is -0.460 e. The van der Waals surface area contributed by atoms with Crippen LogP contribution in [-0.4, -0.2) is 314 Å². The van der Waals surface area contributed by atoms with Crippen molar-refractivity contribution in [2.45, 2.75) is 0 Å². The smallest absolute Gasteiger partial charge is 0.340 e. The second-order valence-electron chi connectivity index (χ2n) is 25.7. The predicted octanol–water partition coefficient (Wildman–Crippen LogP) is 6.38. The van der Waals surface area contributed by atoms with Gasteiger partial charge in [-0.15, -0.1) is 0 Å². The molecule has 0 spiro atoms. The van der Waals surface area contributed by atoms with E-state index in [0.717, 1.165) is 36.4 Å². The Kier molecular flexibility index (Phi) is 48.0. The van der Waals surface area contributed by atoms with Crippen molar-refractivity contribution < 1.29 is 143 Å². The SMILES string of the molecule is COCCOCCOCCOCCOC(=O)c1ccccc1NC(=O)c1cc(NC(=O)c2cc(N)cc(C(=O)Nc3cc(C(=O)Nc4ccccc4C(=O)OCCOCCOCCOCCOC)nc(C(=O)Nc4ccccc4C(=O)OCCOCCOCCOCCOC)c3)n2)cc(C(=O)Nc2ccccc2C(=O)OCCOCCOCCOCCOC)n1. The first-order valence-corrected chi connectivity index (χ1v) is 39.6. The summed E-state index contributed by atoms with van der Waals surface area (Å²) in [4.78, 5) is 154. The molecule has 0 atom stereocenters. The number of pyridine rings is 3. The van der Waals surface area contributed by atoms with Gasteiger partial charge in [-0.3, -0.25) is 28.8 Å². The lowest BCUT2D eigenvalue weighted by atomic mass is 10.1. The average Bonchev–Trinajstić information content (AvgIpc) is 0.836. The third-order valence-electron chi connectivity index (χ3n) is 16.5. The summed E-state index contributed by atoms with van der Waals surface area (Å²) in [5, 5.41) is 15.6. The molecule has 0 bridgehead atoms. The number of hydrogen-bond donors (Lipinski definition) is 7. The van der Waals surface area contributed by atoms with E-state index in [1.807, 2.05) is 0 Å². The number of methoxy groups -OCH3 is 4. The Morgan fingerprint density at radius 3 is 0.600 bits per heavy atom. The fourth-order valence-corrected chi connectivity index (χ4v) is 10.5. The number of nitrogens with zero attached hydrogens (tertiary/aromatic N) is 3. The van der Waals surface area contributed by atoms with Gasteiger partial charge in [-0.05, 0) is 84.9 Å². The zero-order valence-corrected chi connectivity index (χ0v) is 70.0. The molecule has 3 aromatic heterocycles. The van der Waals surface area contributed by atoms with Crippen LogP contribution in [0, 0.1) is 0 Å². The van der Waals surface area contributed by atoms with E-state index in [0.29, 0.717) is 106 Å². The van der Waals surface area contributed by atoms with Gasteiger partial charge in [0.15, 0.2) is 0 Å². The van der Waals surface area contributed by atoms with E-state index in [-0.39, 0.29) is 168 Å². The standard InChI is InChI=1S/C85H106N10O30/c1-106-21-25-110-29-33-114-37-41-118-45-49-122-82(102)62-13-5-9-17-66(62)92-78(98)72-55-60(56-73(90-72)79(99)93-67-18-10-6-14-63(67)83(103)123-50-46-119-42-38-115-34-30-111-26-22-107-2)87-76(96)70-53-59(86)54-71(89-70)77(97)88-61-57-74(80(100)94-68-19-11-7-15-64(68)84(104)124-51-47-120-43-39-116-35-31-112-27-23-108-3)91-75(58-61)81(101)95-69-20-12-8-16-65(69)85(105)125-52-48-121-44-40-117-36-32-113-28-24-109-4/h5-20,53-58H,21-52H2,1-4H3,(H2,86,89)(H,92,98)(H,93,99)(H,94,100)(H,95,101)(H,87,90,96)(H,88,91,97). The predicted molar refractivity (Wildman–Crippen MR) is 449 cm³/mol. The third-order valence-corrected chi connectivity index (χ3v) is 16.5. The third kappa shape index (κ3) is 38.5. The highest BCUT2D eigenvalue weighted by Gasteiger charge is 2.26. The summed E-state index contributed by atoms with van der Waals surface area (Å²) in [7, 11) is 6.28. The van der Waals surface area contributed by atoms with Gasteiger partial charge in [0.1, 0.15) is 60.6 Å². The first kappa shape index (κ1) is 100. The molecule has 0 saturated heterocycles. The van der Waals surface area contributed by atoms with Crippen molar-refractivity contribution in [2.75, 3.05) is 277 Å². The van der Waals surface area contributed by atoms with Crippen LogP contribution in [0.5, 0.6) is 0 Å². The van der Waals surface area contributed by atoms with E-state index in [4.69, 9.17) is 100 Å². The Hall–Kier alpha value is -11.8. The summed E-state index contributed by atoms with van der Waals surface area (Å²) in [6, 6.07) is 29.9. The van der Waals surface area contributed by atoms with E-state index >= 15 is 0 Å². The minimum absolute atomic E-state index is 0.000459. The molecule has 0 fully saturated rings. The second-order valence-corrected chi connectivity index (χ2v) is 25.7.